The first-order valence-electron chi connectivity index (χ1n) is 6.36. The van der Waals surface area contributed by atoms with Crippen LogP contribution in [0.1, 0.15) is 11.3 Å². The predicted octanol–water partition coefficient (Wildman–Crippen LogP) is 1.48. The molecular weight excluding hydrogens is 258 g/mol. The second-order valence-corrected chi connectivity index (χ2v) is 5.21. The summed E-state index contributed by atoms with van der Waals surface area (Å²) >= 11 is 1.77. The highest BCUT2D eigenvalue weighted by Gasteiger charge is 1.95. The molecule has 0 fully saturated rings. The summed E-state index contributed by atoms with van der Waals surface area (Å²) in [5.74, 6) is 0.530. The first-order valence-corrected chi connectivity index (χ1v) is 7.24. The van der Waals surface area contributed by atoms with Gasteiger partial charge in [-0.1, -0.05) is 6.07 Å². The van der Waals surface area contributed by atoms with Gasteiger partial charge in [-0.15, -0.1) is 11.3 Å². The van der Waals surface area contributed by atoms with E-state index in [0.29, 0.717) is 5.96 Å². The minimum Gasteiger partial charge on any atom is -0.370 e. The number of hydrogen-bond donors (Lipinski definition) is 2. The molecule has 2 aromatic rings. The zero-order valence-electron chi connectivity index (χ0n) is 10.8. The Hall–Kier alpha value is -1.82. The van der Waals surface area contributed by atoms with Crippen LogP contribution in [0.15, 0.2) is 41.2 Å². The number of imidazole rings is 1. The molecule has 102 valence electrons. The van der Waals surface area contributed by atoms with E-state index in [-0.39, 0.29) is 0 Å². The Labute approximate surface area is 117 Å². The van der Waals surface area contributed by atoms with Crippen molar-refractivity contribution in [2.45, 2.75) is 19.4 Å². The highest BCUT2D eigenvalue weighted by molar-refractivity contribution is 7.09. The van der Waals surface area contributed by atoms with E-state index in [1.54, 1.807) is 17.5 Å². The standard InChI is InChI=1S/C13H19N5S/c14-13(17-6-4-12-3-1-10-19-12)16-5-2-8-18-9-7-15-11-18/h1,3,7,9-11H,2,4-6,8H2,(H3,14,16,17). The van der Waals surface area contributed by atoms with Gasteiger partial charge in [0, 0.05) is 36.9 Å². The van der Waals surface area contributed by atoms with Gasteiger partial charge in [-0.05, 0) is 24.3 Å². The Balaban J connectivity index is 1.57. The van der Waals surface area contributed by atoms with E-state index in [4.69, 9.17) is 5.73 Å². The molecule has 0 saturated heterocycles. The second-order valence-electron chi connectivity index (χ2n) is 4.18. The Bertz CT molecular complexity index is 475. The first-order chi connectivity index (χ1) is 9.34. The Morgan fingerprint density at radius 3 is 3.21 bits per heavy atom. The van der Waals surface area contributed by atoms with Gasteiger partial charge >= 0.3 is 0 Å². The molecule has 19 heavy (non-hydrogen) atoms. The fourth-order valence-electron chi connectivity index (χ4n) is 1.70. The highest BCUT2D eigenvalue weighted by atomic mass is 32.1. The molecule has 0 radical (unpaired) electrons. The average molecular weight is 277 g/mol. The minimum absolute atomic E-state index is 0.530. The lowest BCUT2D eigenvalue weighted by Crippen LogP contribution is -2.33. The maximum absolute atomic E-state index is 5.80. The van der Waals surface area contributed by atoms with Gasteiger partial charge in [0.25, 0.3) is 0 Å². The Kier molecular flexibility index (Phi) is 5.43. The number of rotatable bonds is 7. The van der Waals surface area contributed by atoms with Gasteiger partial charge < -0.3 is 15.6 Å². The third kappa shape index (κ3) is 5.13. The van der Waals surface area contributed by atoms with E-state index < -0.39 is 0 Å². The molecule has 0 bridgehead atoms. The first kappa shape index (κ1) is 13.6. The van der Waals surface area contributed by atoms with E-state index >= 15 is 0 Å². The number of nitrogens with one attached hydrogen (secondary N) is 1. The summed E-state index contributed by atoms with van der Waals surface area (Å²) < 4.78 is 2.04. The van der Waals surface area contributed by atoms with E-state index in [1.807, 2.05) is 17.1 Å². The van der Waals surface area contributed by atoms with Crippen molar-refractivity contribution >= 4 is 17.3 Å². The van der Waals surface area contributed by atoms with E-state index in [9.17, 15) is 0 Å². The molecule has 0 spiro atoms. The van der Waals surface area contributed by atoms with E-state index in [0.717, 1.165) is 32.5 Å². The van der Waals surface area contributed by atoms with Crippen LogP contribution in [0.25, 0.3) is 0 Å². The molecule has 0 aromatic carbocycles. The van der Waals surface area contributed by atoms with E-state index in [1.165, 1.54) is 4.88 Å². The van der Waals surface area contributed by atoms with Crippen molar-refractivity contribution < 1.29 is 0 Å². The normalized spacial score (nSPS) is 11.7. The summed E-state index contributed by atoms with van der Waals surface area (Å²) in [5.41, 5.74) is 5.80. The molecule has 6 heteroatoms. The molecule has 5 nitrogen and oxygen atoms in total. The van der Waals surface area contributed by atoms with Gasteiger partial charge in [-0.2, -0.15) is 0 Å². The monoisotopic (exact) mass is 277 g/mol. The number of thiophene rings is 1. The second kappa shape index (κ2) is 7.58. The number of hydrogen-bond acceptors (Lipinski definition) is 3. The molecule has 0 aliphatic rings. The molecule has 2 rings (SSSR count). The molecule has 0 amide bonds. The fraction of sp³-hybridized carbons (Fsp3) is 0.385. The predicted molar refractivity (Wildman–Crippen MR) is 79.4 cm³/mol. The molecular formula is C13H19N5S. The molecule has 0 atom stereocenters. The molecule has 0 aliphatic heterocycles. The van der Waals surface area contributed by atoms with Crippen LogP contribution in [0.2, 0.25) is 0 Å². The number of aromatic nitrogens is 2. The van der Waals surface area contributed by atoms with Gasteiger partial charge in [0.2, 0.25) is 0 Å². The summed E-state index contributed by atoms with van der Waals surface area (Å²) in [6.45, 7) is 2.49. The summed E-state index contributed by atoms with van der Waals surface area (Å²) in [5, 5.41) is 5.22. The van der Waals surface area contributed by atoms with Gasteiger partial charge in [0.15, 0.2) is 5.96 Å². The summed E-state index contributed by atoms with van der Waals surface area (Å²) in [7, 11) is 0. The van der Waals surface area contributed by atoms with Crippen molar-refractivity contribution in [2.24, 2.45) is 10.7 Å². The number of nitrogens with zero attached hydrogens (tertiary/aromatic N) is 3. The third-order valence-electron chi connectivity index (χ3n) is 2.67. The Morgan fingerprint density at radius 2 is 2.47 bits per heavy atom. The van der Waals surface area contributed by atoms with E-state index in [2.05, 4.69) is 32.8 Å². The number of aryl methyl sites for hydroxylation is 1. The number of aliphatic imine (C=N–C) groups is 1. The molecule has 2 aromatic heterocycles. The van der Waals surface area contributed by atoms with Crippen molar-refractivity contribution in [3.63, 3.8) is 0 Å². The van der Waals surface area contributed by atoms with Gasteiger partial charge in [-0.3, -0.25) is 4.99 Å². The van der Waals surface area contributed by atoms with Crippen LogP contribution in [0.5, 0.6) is 0 Å². The van der Waals surface area contributed by atoms with Crippen LogP contribution in [0.4, 0.5) is 0 Å². The largest absolute Gasteiger partial charge is 0.370 e. The SMILES string of the molecule is NC(=NCCCn1ccnc1)NCCc1cccs1. The zero-order chi connectivity index (χ0) is 13.3. The smallest absolute Gasteiger partial charge is 0.188 e. The molecule has 0 saturated carbocycles. The number of nitrogens with two attached hydrogens (primary N) is 1. The van der Waals surface area contributed by atoms with Crippen molar-refractivity contribution in [3.8, 4) is 0 Å². The lowest BCUT2D eigenvalue weighted by molar-refractivity contribution is 0.649. The van der Waals surface area contributed by atoms with Crippen LogP contribution in [-0.2, 0) is 13.0 Å². The molecule has 0 aliphatic carbocycles. The van der Waals surface area contributed by atoms with Crippen molar-refractivity contribution in [2.75, 3.05) is 13.1 Å². The van der Waals surface area contributed by atoms with Crippen molar-refractivity contribution in [3.05, 3.63) is 41.1 Å². The maximum Gasteiger partial charge on any atom is 0.188 e. The van der Waals surface area contributed by atoms with Crippen LogP contribution in [0, 0.1) is 0 Å². The highest BCUT2D eigenvalue weighted by Crippen LogP contribution is 2.07. The quantitative estimate of drug-likeness (QED) is 0.457. The maximum atomic E-state index is 5.80. The average Bonchev–Trinajstić information content (AvgIpc) is 3.07. The zero-order valence-corrected chi connectivity index (χ0v) is 11.6. The Morgan fingerprint density at radius 1 is 1.53 bits per heavy atom. The minimum atomic E-state index is 0.530. The summed E-state index contributed by atoms with van der Waals surface area (Å²) in [6, 6.07) is 4.19. The topological polar surface area (TPSA) is 68.2 Å². The van der Waals surface area contributed by atoms with Crippen LogP contribution in [0.3, 0.4) is 0 Å². The molecule has 2 heterocycles. The lowest BCUT2D eigenvalue weighted by Gasteiger charge is -2.04. The fourth-order valence-corrected chi connectivity index (χ4v) is 2.41. The number of guanidine groups is 1. The summed E-state index contributed by atoms with van der Waals surface area (Å²) in [6.07, 6.45) is 7.50. The summed E-state index contributed by atoms with van der Waals surface area (Å²) in [4.78, 5) is 9.65. The lowest BCUT2D eigenvalue weighted by atomic mass is 10.3. The van der Waals surface area contributed by atoms with Gasteiger partial charge in [0.05, 0.1) is 6.33 Å². The molecule has 0 unspecified atom stereocenters. The third-order valence-corrected chi connectivity index (χ3v) is 3.61. The van der Waals surface area contributed by atoms with Crippen molar-refractivity contribution in [1.29, 1.82) is 0 Å². The van der Waals surface area contributed by atoms with Gasteiger partial charge in [0.1, 0.15) is 0 Å². The van der Waals surface area contributed by atoms with Gasteiger partial charge in [-0.25, -0.2) is 4.98 Å². The molecule has 3 N–H and O–H groups in total. The van der Waals surface area contributed by atoms with Crippen LogP contribution < -0.4 is 11.1 Å². The van der Waals surface area contributed by atoms with Crippen LogP contribution in [-0.4, -0.2) is 28.6 Å². The van der Waals surface area contributed by atoms with Crippen LogP contribution >= 0.6 is 11.3 Å². The van der Waals surface area contributed by atoms with Crippen molar-refractivity contribution in [1.82, 2.24) is 14.9 Å².